The van der Waals surface area contributed by atoms with Crippen LogP contribution in [-0.4, -0.2) is 41.1 Å². The Bertz CT molecular complexity index is 1080. The van der Waals surface area contributed by atoms with Crippen molar-refractivity contribution >= 4 is 23.1 Å². The molecule has 0 aliphatic carbocycles. The quantitative estimate of drug-likeness (QED) is 0.699. The average molecular weight is 409 g/mol. The van der Waals surface area contributed by atoms with Crippen molar-refractivity contribution in [3.63, 3.8) is 0 Å². The Balaban J connectivity index is 1.23. The second-order valence-corrected chi connectivity index (χ2v) is 7.34. The number of hydrogen-bond acceptors (Lipinski definition) is 5. The highest BCUT2D eigenvalue weighted by Crippen LogP contribution is 2.18. The third-order valence-electron chi connectivity index (χ3n) is 5.28. The van der Waals surface area contributed by atoms with E-state index >= 15 is 0 Å². The van der Waals surface area contributed by atoms with Gasteiger partial charge in [0.05, 0.1) is 5.52 Å². The summed E-state index contributed by atoms with van der Waals surface area (Å²) in [5.74, 6) is 0.0117. The van der Waals surface area contributed by atoms with Gasteiger partial charge in [-0.2, -0.15) is 0 Å². The number of carbonyl (C=O) groups excluding carboxylic acids is 2. The largest absolute Gasteiger partial charge is 0.420 e. The van der Waals surface area contributed by atoms with Gasteiger partial charge in [0.15, 0.2) is 5.58 Å². The van der Waals surface area contributed by atoms with E-state index in [1.54, 1.807) is 41.3 Å². The first-order valence-electron chi connectivity index (χ1n) is 9.97. The van der Waals surface area contributed by atoms with E-state index in [1.807, 2.05) is 18.2 Å². The molecule has 3 aromatic rings. The first-order chi connectivity index (χ1) is 14.6. The van der Waals surface area contributed by atoms with Crippen molar-refractivity contribution in [2.75, 3.05) is 19.6 Å². The minimum absolute atomic E-state index is 0.0852. The molecule has 1 N–H and O–H groups in total. The van der Waals surface area contributed by atoms with Crippen LogP contribution in [0.4, 0.5) is 4.79 Å². The summed E-state index contributed by atoms with van der Waals surface area (Å²) >= 11 is 0. The van der Waals surface area contributed by atoms with Gasteiger partial charge >= 0.3 is 11.8 Å². The van der Waals surface area contributed by atoms with Crippen LogP contribution in [0, 0.1) is 5.92 Å². The molecule has 30 heavy (non-hydrogen) atoms. The number of fused-ring (bicyclic) bond motifs is 1. The number of amides is 2. The van der Waals surface area contributed by atoms with Crippen molar-refractivity contribution in [3.05, 3.63) is 65.1 Å². The van der Waals surface area contributed by atoms with Gasteiger partial charge < -0.3 is 19.4 Å². The number of nitrogens with one attached hydrogen (secondary N) is 1. The number of para-hydroxylation sites is 3. The van der Waals surface area contributed by atoms with Crippen molar-refractivity contribution in [2.45, 2.75) is 19.4 Å². The summed E-state index contributed by atoms with van der Waals surface area (Å²) in [6.45, 7) is 1.58. The Labute approximate surface area is 173 Å². The molecule has 2 amide bonds. The molecule has 1 saturated heterocycles. The van der Waals surface area contributed by atoms with E-state index in [-0.39, 0.29) is 24.5 Å². The standard InChI is InChI=1S/C22H23N3O5/c26-20(15-25-18-8-4-5-9-19(18)30-22(25)28)23-14-16-10-12-24(13-11-16)21(27)29-17-6-2-1-3-7-17/h1-9,16H,10-15H2,(H,23,26). The van der Waals surface area contributed by atoms with E-state index in [4.69, 9.17) is 9.15 Å². The van der Waals surface area contributed by atoms with Crippen LogP contribution in [0.5, 0.6) is 5.75 Å². The Kier molecular flexibility index (Phi) is 5.83. The first kappa shape index (κ1) is 19.8. The zero-order chi connectivity index (χ0) is 20.9. The van der Waals surface area contributed by atoms with E-state index < -0.39 is 5.76 Å². The summed E-state index contributed by atoms with van der Waals surface area (Å²) < 4.78 is 11.8. The molecule has 2 aromatic carbocycles. The monoisotopic (exact) mass is 409 g/mol. The molecule has 8 heteroatoms. The number of carbonyl (C=O) groups is 2. The van der Waals surface area contributed by atoms with Crippen LogP contribution in [-0.2, 0) is 11.3 Å². The maximum Gasteiger partial charge on any atom is 0.420 e. The predicted octanol–water partition coefficient (Wildman–Crippen LogP) is 2.62. The van der Waals surface area contributed by atoms with Gasteiger partial charge in [-0.25, -0.2) is 9.59 Å². The lowest BCUT2D eigenvalue weighted by Crippen LogP contribution is -2.43. The maximum atomic E-state index is 12.3. The molecule has 0 saturated carbocycles. The van der Waals surface area contributed by atoms with E-state index in [0.29, 0.717) is 36.5 Å². The molecule has 0 radical (unpaired) electrons. The number of likely N-dealkylation sites (tertiary alicyclic amines) is 1. The smallest absolute Gasteiger partial charge is 0.410 e. The molecule has 156 valence electrons. The Morgan fingerprint density at radius 1 is 1.03 bits per heavy atom. The summed E-state index contributed by atoms with van der Waals surface area (Å²) in [4.78, 5) is 38.2. The highest BCUT2D eigenvalue weighted by molar-refractivity contribution is 5.79. The summed E-state index contributed by atoms with van der Waals surface area (Å²) in [5, 5.41) is 2.89. The lowest BCUT2D eigenvalue weighted by Gasteiger charge is -2.31. The number of hydrogen-bond donors (Lipinski definition) is 1. The van der Waals surface area contributed by atoms with Gasteiger partial charge in [0.1, 0.15) is 12.3 Å². The zero-order valence-corrected chi connectivity index (χ0v) is 16.5. The van der Waals surface area contributed by atoms with Gasteiger partial charge in [-0.1, -0.05) is 30.3 Å². The second-order valence-electron chi connectivity index (χ2n) is 7.34. The second kappa shape index (κ2) is 8.86. The minimum atomic E-state index is -0.545. The van der Waals surface area contributed by atoms with E-state index in [2.05, 4.69) is 5.32 Å². The molecule has 0 unspecified atom stereocenters. The van der Waals surface area contributed by atoms with Crippen LogP contribution in [0.1, 0.15) is 12.8 Å². The van der Waals surface area contributed by atoms with Gasteiger partial charge in [0, 0.05) is 19.6 Å². The maximum absolute atomic E-state index is 12.3. The molecule has 0 spiro atoms. The summed E-state index contributed by atoms with van der Waals surface area (Å²) in [5.41, 5.74) is 1.06. The topological polar surface area (TPSA) is 93.8 Å². The predicted molar refractivity (Wildman–Crippen MR) is 110 cm³/mol. The van der Waals surface area contributed by atoms with Crippen LogP contribution >= 0.6 is 0 Å². The molecule has 1 aliphatic heterocycles. The van der Waals surface area contributed by atoms with E-state index in [1.165, 1.54) is 4.57 Å². The fourth-order valence-corrected chi connectivity index (χ4v) is 3.59. The summed E-state index contributed by atoms with van der Waals surface area (Å²) in [6, 6.07) is 16.0. The number of nitrogens with zero attached hydrogens (tertiary/aromatic N) is 2. The molecule has 4 rings (SSSR count). The lowest BCUT2D eigenvalue weighted by atomic mass is 9.97. The molecule has 1 aromatic heterocycles. The molecule has 0 bridgehead atoms. The van der Waals surface area contributed by atoms with Gasteiger partial charge in [-0.3, -0.25) is 9.36 Å². The van der Waals surface area contributed by atoms with Gasteiger partial charge in [-0.05, 0) is 43.0 Å². The highest BCUT2D eigenvalue weighted by atomic mass is 16.6. The third-order valence-corrected chi connectivity index (χ3v) is 5.28. The van der Waals surface area contributed by atoms with E-state index in [0.717, 1.165) is 12.8 Å². The number of oxazole rings is 1. The van der Waals surface area contributed by atoms with Gasteiger partial charge in [0.25, 0.3) is 0 Å². The third kappa shape index (κ3) is 4.53. The number of aromatic nitrogens is 1. The number of rotatable bonds is 5. The average Bonchev–Trinajstić information content (AvgIpc) is 3.08. The minimum Gasteiger partial charge on any atom is -0.410 e. The van der Waals surface area contributed by atoms with Crippen LogP contribution in [0.25, 0.3) is 11.1 Å². The lowest BCUT2D eigenvalue weighted by molar-refractivity contribution is -0.121. The van der Waals surface area contributed by atoms with Crippen molar-refractivity contribution in [1.29, 1.82) is 0 Å². The highest BCUT2D eigenvalue weighted by Gasteiger charge is 2.24. The summed E-state index contributed by atoms with van der Waals surface area (Å²) in [6.07, 6.45) is 1.20. The zero-order valence-electron chi connectivity index (χ0n) is 16.5. The number of benzene rings is 2. The first-order valence-corrected chi connectivity index (χ1v) is 9.97. The van der Waals surface area contributed by atoms with E-state index in [9.17, 15) is 14.4 Å². The van der Waals surface area contributed by atoms with Gasteiger partial charge in [-0.15, -0.1) is 0 Å². The number of ether oxygens (including phenoxy) is 1. The molecule has 0 atom stereocenters. The fourth-order valence-electron chi connectivity index (χ4n) is 3.59. The number of piperidine rings is 1. The SMILES string of the molecule is O=C(Cn1c(=O)oc2ccccc21)NCC1CCN(C(=O)Oc2ccccc2)CC1. The Morgan fingerprint density at radius 2 is 1.73 bits per heavy atom. The van der Waals surface area contributed by atoms with Crippen LogP contribution in [0.3, 0.4) is 0 Å². The van der Waals surface area contributed by atoms with Crippen molar-refractivity contribution in [1.82, 2.24) is 14.8 Å². The molecule has 2 heterocycles. The van der Waals surface area contributed by atoms with Crippen molar-refractivity contribution in [2.24, 2.45) is 5.92 Å². The van der Waals surface area contributed by atoms with Crippen LogP contribution < -0.4 is 15.8 Å². The molecule has 1 aliphatic rings. The van der Waals surface area contributed by atoms with Crippen LogP contribution in [0.15, 0.2) is 63.8 Å². The van der Waals surface area contributed by atoms with Crippen molar-refractivity contribution < 1.29 is 18.7 Å². The van der Waals surface area contributed by atoms with Crippen LogP contribution in [0.2, 0.25) is 0 Å². The van der Waals surface area contributed by atoms with Crippen molar-refractivity contribution in [3.8, 4) is 5.75 Å². The summed E-state index contributed by atoms with van der Waals surface area (Å²) in [7, 11) is 0. The molecular formula is C22H23N3O5. The fraction of sp³-hybridized carbons (Fsp3) is 0.318. The Hall–Kier alpha value is -3.55. The Morgan fingerprint density at radius 3 is 2.50 bits per heavy atom. The normalized spacial score (nSPS) is 14.6. The molecular weight excluding hydrogens is 386 g/mol. The van der Waals surface area contributed by atoms with Gasteiger partial charge in [0.2, 0.25) is 5.91 Å². The molecule has 8 nitrogen and oxygen atoms in total. The molecule has 1 fully saturated rings.